The molecule has 1 aromatic heterocycles. The monoisotopic (exact) mass is 420 g/mol. The first-order chi connectivity index (χ1) is 14.3. The molecule has 0 bridgehead atoms. The molecule has 0 radical (unpaired) electrons. The Hall–Kier alpha value is -2.96. The van der Waals surface area contributed by atoms with Crippen LogP contribution < -0.4 is 0 Å². The molecule has 4 rings (SSSR count). The number of aromatic amines is 1. The fourth-order valence-electron chi connectivity index (χ4n) is 3.64. The van der Waals surface area contributed by atoms with Gasteiger partial charge in [0.05, 0.1) is 22.0 Å². The van der Waals surface area contributed by atoms with Gasteiger partial charge in [0, 0.05) is 12.7 Å². The number of H-pyrrole nitrogens is 1. The van der Waals surface area contributed by atoms with Crippen molar-refractivity contribution in [2.75, 3.05) is 6.26 Å². The quantitative estimate of drug-likeness (QED) is 0.482. The van der Waals surface area contributed by atoms with Gasteiger partial charge >= 0.3 is 0 Å². The lowest BCUT2D eigenvalue weighted by Gasteiger charge is -2.11. The maximum Gasteiger partial charge on any atom is 0.175 e. The number of fused-ring (bicyclic) bond motifs is 1. The van der Waals surface area contributed by atoms with E-state index in [4.69, 9.17) is 0 Å². The van der Waals surface area contributed by atoms with Crippen LogP contribution in [0, 0.1) is 0 Å². The first-order valence-corrected chi connectivity index (χ1v) is 11.8. The van der Waals surface area contributed by atoms with Crippen LogP contribution in [0.1, 0.15) is 30.0 Å². The van der Waals surface area contributed by atoms with Gasteiger partial charge < -0.3 is 10.1 Å². The highest BCUT2D eigenvalue weighted by atomic mass is 32.2. The molecule has 3 aromatic carbocycles. The number of aryl methyl sites for hydroxylation is 2. The first kappa shape index (κ1) is 20.3. The van der Waals surface area contributed by atoms with Crippen molar-refractivity contribution in [2.24, 2.45) is 0 Å². The highest BCUT2D eigenvalue weighted by Crippen LogP contribution is 2.30. The number of hydrogen-bond donors (Lipinski definition) is 2. The number of rotatable bonds is 6. The van der Waals surface area contributed by atoms with Crippen LogP contribution in [0.3, 0.4) is 0 Å². The minimum Gasteiger partial charge on any atom is -0.389 e. The molecule has 0 fully saturated rings. The maximum absolute atomic E-state index is 11.6. The van der Waals surface area contributed by atoms with Gasteiger partial charge in [-0.3, -0.25) is 0 Å². The molecule has 0 spiro atoms. The lowest BCUT2D eigenvalue weighted by Crippen LogP contribution is -1.98. The van der Waals surface area contributed by atoms with E-state index in [1.807, 2.05) is 48.5 Å². The standard InChI is InChI=1S/C24H24N2O3S/c1-16(27)20-5-3-4-6-21(20)18-10-13-22-23(15-18)26-24(25-22)14-9-17-7-11-19(12-8-17)30(2,28)29/h3-8,10-13,15-16,27H,9,14H2,1-2H3,(H,25,26). The lowest BCUT2D eigenvalue weighted by atomic mass is 9.96. The van der Waals surface area contributed by atoms with E-state index in [1.165, 1.54) is 6.26 Å². The maximum atomic E-state index is 11.6. The predicted molar refractivity (Wildman–Crippen MR) is 119 cm³/mol. The van der Waals surface area contributed by atoms with E-state index in [2.05, 4.69) is 16.0 Å². The third kappa shape index (κ3) is 4.30. The molecule has 4 aromatic rings. The molecule has 1 heterocycles. The first-order valence-electron chi connectivity index (χ1n) is 9.86. The van der Waals surface area contributed by atoms with E-state index in [1.54, 1.807) is 19.1 Å². The van der Waals surface area contributed by atoms with Gasteiger partial charge in [0.1, 0.15) is 5.82 Å². The van der Waals surface area contributed by atoms with Gasteiger partial charge in [0.2, 0.25) is 0 Å². The largest absolute Gasteiger partial charge is 0.389 e. The molecule has 2 N–H and O–H groups in total. The SMILES string of the molecule is CC(O)c1ccccc1-c1ccc2nc(CCc3ccc(S(C)(=O)=O)cc3)[nH]c2c1. The zero-order valence-corrected chi connectivity index (χ0v) is 17.8. The van der Waals surface area contributed by atoms with Crippen LogP contribution in [-0.4, -0.2) is 29.7 Å². The van der Waals surface area contributed by atoms with Crippen molar-refractivity contribution in [1.82, 2.24) is 9.97 Å². The molecule has 0 saturated heterocycles. The number of nitrogens with one attached hydrogen (secondary N) is 1. The van der Waals surface area contributed by atoms with E-state index < -0.39 is 15.9 Å². The Morgan fingerprint density at radius 1 is 1.00 bits per heavy atom. The van der Waals surface area contributed by atoms with Crippen molar-refractivity contribution in [3.63, 3.8) is 0 Å². The van der Waals surface area contributed by atoms with Crippen LogP contribution in [-0.2, 0) is 22.7 Å². The van der Waals surface area contributed by atoms with Crippen molar-refractivity contribution in [3.8, 4) is 11.1 Å². The van der Waals surface area contributed by atoms with Crippen LogP contribution >= 0.6 is 0 Å². The average Bonchev–Trinajstić information content (AvgIpc) is 3.14. The Balaban J connectivity index is 1.55. The van der Waals surface area contributed by atoms with Crippen LogP contribution in [0.15, 0.2) is 71.6 Å². The smallest absolute Gasteiger partial charge is 0.175 e. The van der Waals surface area contributed by atoms with Gasteiger partial charge in [0.15, 0.2) is 9.84 Å². The Bertz CT molecular complexity index is 1290. The van der Waals surface area contributed by atoms with Crippen molar-refractivity contribution in [1.29, 1.82) is 0 Å². The summed E-state index contributed by atoms with van der Waals surface area (Å²) < 4.78 is 23.2. The second-order valence-corrected chi connectivity index (χ2v) is 9.61. The predicted octanol–water partition coefficient (Wildman–Crippen LogP) is 4.47. The summed E-state index contributed by atoms with van der Waals surface area (Å²) in [7, 11) is -3.17. The number of nitrogens with zero attached hydrogens (tertiary/aromatic N) is 1. The zero-order chi connectivity index (χ0) is 21.3. The van der Waals surface area contributed by atoms with Gasteiger partial charge in [-0.2, -0.15) is 0 Å². The Kier molecular flexibility index (Phi) is 5.45. The topological polar surface area (TPSA) is 83.1 Å². The summed E-state index contributed by atoms with van der Waals surface area (Å²) in [5.41, 5.74) is 5.86. The summed E-state index contributed by atoms with van der Waals surface area (Å²) in [6.07, 6.45) is 2.17. The van der Waals surface area contributed by atoms with Crippen molar-refractivity contribution in [3.05, 3.63) is 83.7 Å². The summed E-state index contributed by atoms with van der Waals surface area (Å²) in [6.45, 7) is 1.77. The number of aliphatic hydroxyl groups excluding tert-OH is 1. The molecular formula is C24H24N2O3S. The number of aliphatic hydroxyl groups is 1. The van der Waals surface area contributed by atoms with E-state index in [0.29, 0.717) is 4.90 Å². The van der Waals surface area contributed by atoms with Gasteiger partial charge in [-0.25, -0.2) is 13.4 Å². The van der Waals surface area contributed by atoms with E-state index >= 15 is 0 Å². The second-order valence-electron chi connectivity index (χ2n) is 7.59. The van der Waals surface area contributed by atoms with Gasteiger partial charge in [0.25, 0.3) is 0 Å². The molecule has 1 unspecified atom stereocenters. The van der Waals surface area contributed by atoms with E-state index in [-0.39, 0.29) is 0 Å². The fourth-order valence-corrected chi connectivity index (χ4v) is 4.27. The highest BCUT2D eigenvalue weighted by molar-refractivity contribution is 7.90. The van der Waals surface area contributed by atoms with Gasteiger partial charge in [-0.1, -0.05) is 42.5 Å². The number of hydrogen-bond acceptors (Lipinski definition) is 4. The molecule has 1 atom stereocenters. The van der Waals surface area contributed by atoms with E-state index in [9.17, 15) is 13.5 Å². The van der Waals surface area contributed by atoms with Crippen LogP contribution in [0.25, 0.3) is 22.2 Å². The second kappa shape index (κ2) is 8.05. The van der Waals surface area contributed by atoms with Crippen LogP contribution in [0.4, 0.5) is 0 Å². The minimum absolute atomic E-state index is 0.333. The van der Waals surface area contributed by atoms with Crippen molar-refractivity contribution >= 4 is 20.9 Å². The van der Waals surface area contributed by atoms with Crippen molar-refractivity contribution < 1.29 is 13.5 Å². The Morgan fingerprint density at radius 2 is 1.73 bits per heavy atom. The number of aromatic nitrogens is 2. The molecule has 0 aliphatic heterocycles. The molecule has 5 nitrogen and oxygen atoms in total. The third-order valence-corrected chi connectivity index (χ3v) is 6.38. The summed E-state index contributed by atoms with van der Waals surface area (Å²) in [6, 6.07) is 20.9. The number of sulfone groups is 1. The van der Waals surface area contributed by atoms with Crippen LogP contribution in [0.2, 0.25) is 0 Å². The molecule has 0 aliphatic rings. The van der Waals surface area contributed by atoms with Crippen molar-refractivity contribution in [2.45, 2.75) is 30.8 Å². The molecule has 0 saturated carbocycles. The fraction of sp³-hybridized carbons (Fsp3) is 0.208. The normalized spacial score (nSPS) is 12.9. The van der Waals surface area contributed by atoms with Crippen LogP contribution in [0.5, 0.6) is 0 Å². The molecular weight excluding hydrogens is 396 g/mol. The molecule has 154 valence electrons. The van der Waals surface area contributed by atoms with Gasteiger partial charge in [-0.15, -0.1) is 0 Å². The lowest BCUT2D eigenvalue weighted by molar-refractivity contribution is 0.200. The third-order valence-electron chi connectivity index (χ3n) is 5.25. The summed E-state index contributed by atoms with van der Waals surface area (Å²) in [4.78, 5) is 8.40. The average molecular weight is 421 g/mol. The molecule has 0 amide bonds. The molecule has 0 aliphatic carbocycles. The minimum atomic E-state index is -3.17. The molecule has 30 heavy (non-hydrogen) atoms. The number of benzene rings is 3. The van der Waals surface area contributed by atoms with E-state index in [0.717, 1.165) is 52.0 Å². The molecule has 6 heteroatoms. The Labute approximate surface area is 176 Å². The zero-order valence-electron chi connectivity index (χ0n) is 17.0. The summed E-state index contributed by atoms with van der Waals surface area (Å²) in [5, 5.41) is 10.1. The summed E-state index contributed by atoms with van der Waals surface area (Å²) >= 11 is 0. The Morgan fingerprint density at radius 3 is 2.43 bits per heavy atom. The highest BCUT2D eigenvalue weighted by Gasteiger charge is 2.11. The van der Waals surface area contributed by atoms with Gasteiger partial charge in [-0.05, 0) is 59.9 Å². The summed E-state index contributed by atoms with van der Waals surface area (Å²) in [5.74, 6) is 0.887. The number of imidazole rings is 1.